The number of rotatable bonds is 3. The Kier molecular flexibility index (Phi) is 4.79. The summed E-state index contributed by atoms with van der Waals surface area (Å²) in [6.45, 7) is 6.55. The van der Waals surface area contributed by atoms with Crippen LogP contribution in [0.5, 0.6) is 0 Å². The summed E-state index contributed by atoms with van der Waals surface area (Å²) >= 11 is 0. The van der Waals surface area contributed by atoms with Gasteiger partial charge < -0.3 is 4.42 Å². The van der Waals surface area contributed by atoms with Crippen LogP contribution >= 0.6 is 0 Å². The molecule has 0 aliphatic rings. The molecule has 3 aromatic carbocycles. The fraction of sp³-hybridized carbons (Fsp3) is 0.172. The molecule has 0 saturated carbocycles. The van der Waals surface area contributed by atoms with Crippen LogP contribution < -0.4 is 4.57 Å². The minimum absolute atomic E-state index is 0.485. The van der Waals surface area contributed by atoms with Crippen LogP contribution in [-0.4, -0.2) is 0 Å². The van der Waals surface area contributed by atoms with Crippen molar-refractivity contribution in [1.29, 1.82) is 5.26 Å². The Morgan fingerprint density at radius 1 is 0.938 bits per heavy atom. The molecule has 0 N–H and O–H groups in total. The summed E-state index contributed by atoms with van der Waals surface area (Å²) in [4.78, 5) is 0. The molecule has 2 heterocycles. The quantitative estimate of drug-likeness (QED) is 0.295. The molecule has 0 aliphatic heterocycles. The molecule has 0 spiro atoms. The van der Waals surface area contributed by atoms with E-state index in [0.717, 1.165) is 44.3 Å². The number of aromatic nitrogens is 1. The van der Waals surface area contributed by atoms with E-state index in [0.29, 0.717) is 17.1 Å². The summed E-state index contributed by atoms with van der Waals surface area (Å²) in [6.07, 6.45) is 2.04. The summed E-state index contributed by atoms with van der Waals surface area (Å²) in [7, 11) is 2.04. The maximum absolute atomic E-state index is 9.70. The third-order valence-corrected chi connectivity index (χ3v) is 6.29. The number of pyridine rings is 1. The van der Waals surface area contributed by atoms with E-state index >= 15 is 0 Å². The van der Waals surface area contributed by atoms with Gasteiger partial charge in [-0.25, -0.2) is 4.57 Å². The molecule has 32 heavy (non-hydrogen) atoms. The molecule has 2 aromatic heterocycles. The highest BCUT2D eigenvalue weighted by atomic mass is 16.3. The minimum atomic E-state index is 0.485. The maximum Gasteiger partial charge on any atom is 0.216 e. The second-order valence-corrected chi connectivity index (χ2v) is 8.69. The number of hydrogen-bond donors (Lipinski definition) is 0. The lowest BCUT2D eigenvalue weighted by Gasteiger charge is -2.12. The Hall–Kier alpha value is -3.90. The highest BCUT2D eigenvalue weighted by Gasteiger charge is 2.24. The van der Waals surface area contributed by atoms with Gasteiger partial charge in [0, 0.05) is 22.9 Å². The van der Waals surface area contributed by atoms with Crippen LogP contribution in [0, 0.1) is 18.3 Å². The van der Waals surface area contributed by atoms with Crippen LogP contribution in [0.2, 0.25) is 0 Å². The number of benzene rings is 3. The zero-order valence-corrected chi connectivity index (χ0v) is 18.8. The Morgan fingerprint density at radius 3 is 2.41 bits per heavy atom. The van der Waals surface area contributed by atoms with Crippen molar-refractivity contribution < 1.29 is 8.98 Å². The van der Waals surface area contributed by atoms with Crippen molar-refractivity contribution in [3.05, 3.63) is 89.6 Å². The van der Waals surface area contributed by atoms with Crippen molar-refractivity contribution in [2.75, 3.05) is 0 Å². The van der Waals surface area contributed by atoms with Crippen molar-refractivity contribution in [2.45, 2.75) is 26.7 Å². The lowest BCUT2D eigenvalue weighted by molar-refractivity contribution is -0.660. The van der Waals surface area contributed by atoms with E-state index in [1.54, 1.807) is 0 Å². The number of aryl methyl sites for hydroxylation is 2. The van der Waals surface area contributed by atoms with Crippen LogP contribution in [-0.2, 0) is 7.05 Å². The van der Waals surface area contributed by atoms with Gasteiger partial charge >= 0.3 is 0 Å². The lowest BCUT2D eigenvalue weighted by atomic mass is 9.91. The molecule has 0 radical (unpaired) electrons. The molecule has 3 heteroatoms. The van der Waals surface area contributed by atoms with Gasteiger partial charge in [-0.05, 0) is 53.3 Å². The monoisotopic (exact) mass is 417 g/mol. The number of nitrogens with zero attached hydrogens (tertiary/aromatic N) is 2. The van der Waals surface area contributed by atoms with Gasteiger partial charge in [0.1, 0.15) is 18.7 Å². The molecule has 5 aromatic rings. The van der Waals surface area contributed by atoms with Gasteiger partial charge in [0.2, 0.25) is 5.69 Å². The molecule has 0 amide bonds. The number of fused-ring (bicyclic) bond motifs is 3. The van der Waals surface area contributed by atoms with Crippen LogP contribution in [0.4, 0.5) is 0 Å². The van der Waals surface area contributed by atoms with Crippen LogP contribution in [0.3, 0.4) is 0 Å². The van der Waals surface area contributed by atoms with Gasteiger partial charge in [-0.3, -0.25) is 0 Å². The zero-order chi connectivity index (χ0) is 22.4. The predicted octanol–water partition coefficient (Wildman–Crippen LogP) is 7.05. The number of hydrogen-bond acceptors (Lipinski definition) is 2. The predicted molar refractivity (Wildman–Crippen MR) is 129 cm³/mol. The van der Waals surface area contributed by atoms with Gasteiger partial charge in [-0.15, -0.1) is 0 Å². The van der Waals surface area contributed by atoms with Crippen molar-refractivity contribution >= 4 is 21.9 Å². The van der Waals surface area contributed by atoms with Gasteiger partial charge in [-0.2, -0.15) is 5.26 Å². The number of furan rings is 1. The molecule has 0 saturated heterocycles. The molecule has 0 fully saturated rings. The molecule has 0 atom stereocenters. The summed E-state index contributed by atoms with van der Waals surface area (Å²) in [6, 6.07) is 25.3. The average molecular weight is 418 g/mol. The van der Waals surface area contributed by atoms with Crippen molar-refractivity contribution in [2.24, 2.45) is 7.05 Å². The molecular formula is C29H25N2O+. The average Bonchev–Trinajstić information content (AvgIpc) is 3.19. The lowest BCUT2D eigenvalue weighted by Crippen LogP contribution is -2.30. The molecule has 3 nitrogen and oxygen atoms in total. The SMILES string of the molecule is Cc1cc(-c2ccc(C(C)C)cc2)c2c(oc3c(C#N)cccc32)c1-c1cccc[n+]1C. The number of para-hydroxylation sites is 1. The Morgan fingerprint density at radius 2 is 1.72 bits per heavy atom. The number of nitriles is 1. The van der Waals surface area contributed by atoms with E-state index in [4.69, 9.17) is 4.42 Å². The fourth-order valence-electron chi connectivity index (χ4n) is 4.57. The van der Waals surface area contributed by atoms with E-state index < -0.39 is 0 Å². The van der Waals surface area contributed by atoms with Gasteiger partial charge in [0.05, 0.1) is 11.1 Å². The first-order valence-electron chi connectivity index (χ1n) is 10.9. The third-order valence-electron chi connectivity index (χ3n) is 6.29. The van der Waals surface area contributed by atoms with Crippen LogP contribution in [0.1, 0.15) is 36.5 Å². The Balaban J connectivity index is 1.92. The highest BCUT2D eigenvalue weighted by molar-refractivity contribution is 6.17. The Labute approximate surface area is 188 Å². The van der Waals surface area contributed by atoms with Crippen LogP contribution in [0.25, 0.3) is 44.3 Å². The molecule has 0 unspecified atom stereocenters. The van der Waals surface area contributed by atoms with Crippen molar-refractivity contribution in [3.63, 3.8) is 0 Å². The largest absolute Gasteiger partial charge is 0.454 e. The molecule has 5 rings (SSSR count). The third kappa shape index (κ3) is 3.08. The fourth-order valence-corrected chi connectivity index (χ4v) is 4.57. The smallest absolute Gasteiger partial charge is 0.216 e. The molecule has 156 valence electrons. The minimum Gasteiger partial charge on any atom is -0.454 e. The van der Waals surface area contributed by atoms with E-state index in [1.165, 1.54) is 5.56 Å². The molecule has 0 aliphatic carbocycles. The second-order valence-electron chi connectivity index (χ2n) is 8.69. The van der Waals surface area contributed by atoms with E-state index in [-0.39, 0.29) is 0 Å². The van der Waals surface area contributed by atoms with Gasteiger partial charge in [0.15, 0.2) is 11.8 Å². The zero-order valence-electron chi connectivity index (χ0n) is 18.8. The van der Waals surface area contributed by atoms with Gasteiger partial charge in [-0.1, -0.05) is 50.2 Å². The first-order chi connectivity index (χ1) is 15.5. The maximum atomic E-state index is 9.70. The highest BCUT2D eigenvalue weighted by Crippen LogP contribution is 2.43. The van der Waals surface area contributed by atoms with Crippen LogP contribution in [0.15, 0.2) is 77.3 Å². The first-order valence-corrected chi connectivity index (χ1v) is 10.9. The molecular weight excluding hydrogens is 392 g/mol. The van der Waals surface area contributed by atoms with E-state index in [2.05, 4.69) is 73.9 Å². The Bertz CT molecular complexity index is 1520. The summed E-state index contributed by atoms with van der Waals surface area (Å²) in [5.41, 5.74) is 8.91. The van der Waals surface area contributed by atoms with E-state index in [1.807, 2.05) is 37.5 Å². The van der Waals surface area contributed by atoms with Crippen molar-refractivity contribution in [1.82, 2.24) is 0 Å². The topological polar surface area (TPSA) is 40.8 Å². The molecule has 0 bridgehead atoms. The van der Waals surface area contributed by atoms with Gasteiger partial charge in [0.25, 0.3) is 0 Å². The summed E-state index contributed by atoms with van der Waals surface area (Å²) < 4.78 is 8.59. The standard InChI is InChI=1S/C29H25N2O/c1-18(2)20-11-13-21(14-12-20)24-16-19(3)26(25-10-5-6-15-31(25)4)29-27(24)23-9-7-8-22(17-30)28(23)32-29/h5-16,18H,1-4H3/q+1. The van der Waals surface area contributed by atoms with E-state index in [9.17, 15) is 5.26 Å². The first kappa shape index (κ1) is 20.0. The normalized spacial score (nSPS) is 11.4. The summed E-state index contributed by atoms with van der Waals surface area (Å²) in [5.74, 6) is 0.485. The second kappa shape index (κ2) is 7.66. The van der Waals surface area contributed by atoms with Crippen molar-refractivity contribution in [3.8, 4) is 28.5 Å². The summed E-state index contributed by atoms with van der Waals surface area (Å²) in [5, 5.41) is 11.7.